The lowest BCUT2D eigenvalue weighted by Gasteiger charge is -2.43. The van der Waals surface area contributed by atoms with Gasteiger partial charge in [-0.15, -0.1) is 0 Å². The van der Waals surface area contributed by atoms with Gasteiger partial charge in [-0.3, -0.25) is 4.98 Å². The van der Waals surface area contributed by atoms with E-state index in [1.54, 1.807) is 6.20 Å². The zero-order valence-corrected chi connectivity index (χ0v) is 12.9. The lowest BCUT2D eigenvalue weighted by atomic mass is 9.92. The van der Waals surface area contributed by atoms with Crippen LogP contribution in [0.3, 0.4) is 0 Å². The average molecular weight is 308 g/mol. The largest absolute Gasteiger partial charge is 0.322 e. The van der Waals surface area contributed by atoms with Crippen LogP contribution in [-0.2, 0) is 0 Å². The molecule has 2 amide bonds. The molecule has 2 aliphatic heterocycles. The molecule has 4 rings (SSSR count). The molecule has 0 spiro atoms. The number of hydrogen-bond donors (Lipinski definition) is 2. The molecule has 1 fully saturated rings. The highest BCUT2D eigenvalue weighted by atomic mass is 16.2. The van der Waals surface area contributed by atoms with Crippen molar-refractivity contribution in [3.05, 3.63) is 59.9 Å². The summed E-state index contributed by atoms with van der Waals surface area (Å²) < 4.78 is 0. The van der Waals surface area contributed by atoms with Gasteiger partial charge in [-0.2, -0.15) is 0 Å². The monoisotopic (exact) mass is 308 g/mol. The summed E-state index contributed by atoms with van der Waals surface area (Å²) >= 11 is 0. The van der Waals surface area contributed by atoms with Crippen molar-refractivity contribution in [1.29, 1.82) is 0 Å². The van der Waals surface area contributed by atoms with Gasteiger partial charge >= 0.3 is 6.03 Å². The number of carbonyl (C=O) groups is 1. The third-order valence-corrected chi connectivity index (χ3v) is 4.72. The Hall–Kier alpha value is -2.40. The minimum atomic E-state index is -0.0725. The molecule has 1 saturated heterocycles. The molecule has 5 heteroatoms. The SMILES string of the molecule is O=C1Nc2ccncc2C(c2ccccc2)N1C1CCNCC1. The number of fused-ring (bicyclic) bond motifs is 1. The van der Waals surface area contributed by atoms with Gasteiger partial charge in [0.2, 0.25) is 0 Å². The number of hydrogen-bond acceptors (Lipinski definition) is 3. The minimum absolute atomic E-state index is 0.00977. The number of pyridine rings is 1. The molecule has 2 N–H and O–H groups in total. The summed E-state index contributed by atoms with van der Waals surface area (Å²) in [6.45, 7) is 1.91. The van der Waals surface area contributed by atoms with E-state index < -0.39 is 0 Å². The third kappa shape index (κ3) is 2.57. The van der Waals surface area contributed by atoms with Gasteiger partial charge in [0.15, 0.2) is 0 Å². The second-order valence-electron chi connectivity index (χ2n) is 6.09. The Labute approximate surface area is 135 Å². The van der Waals surface area contributed by atoms with Crippen LogP contribution < -0.4 is 10.6 Å². The molecule has 1 unspecified atom stereocenters. The van der Waals surface area contributed by atoms with E-state index in [0.717, 1.165) is 42.7 Å². The summed E-state index contributed by atoms with van der Waals surface area (Å²) in [5.74, 6) is 0. The summed E-state index contributed by atoms with van der Waals surface area (Å²) in [7, 11) is 0. The number of nitrogens with zero attached hydrogens (tertiary/aromatic N) is 2. The van der Waals surface area contributed by atoms with Crippen molar-refractivity contribution in [2.24, 2.45) is 0 Å². The van der Waals surface area contributed by atoms with Crippen molar-refractivity contribution < 1.29 is 4.79 Å². The summed E-state index contributed by atoms with van der Waals surface area (Å²) in [6.07, 6.45) is 5.56. The van der Waals surface area contributed by atoms with E-state index in [2.05, 4.69) is 27.8 Å². The molecule has 1 aromatic heterocycles. The van der Waals surface area contributed by atoms with Crippen LogP contribution in [0.25, 0.3) is 0 Å². The van der Waals surface area contributed by atoms with Crippen LogP contribution in [0.1, 0.15) is 30.0 Å². The van der Waals surface area contributed by atoms with E-state index in [-0.39, 0.29) is 18.1 Å². The van der Waals surface area contributed by atoms with Crippen LogP contribution >= 0.6 is 0 Å². The Morgan fingerprint density at radius 1 is 1.09 bits per heavy atom. The van der Waals surface area contributed by atoms with E-state index in [4.69, 9.17) is 0 Å². The number of aromatic nitrogens is 1. The van der Waals surface area contributed by atoms with Gasteiger partial charge in [0.1, 0.15) is 0 Å². The van der Waals surface area contributed by atoms with Gasteiger partial charge in [0, 0.05) is 24.0 Å². The van der Waals surface area contributed by atoms with E-state index in [1.165, 1.54) is 0 Å². The average Bonchev–Trinajstić information content (AvgIpc) is 2.62. The number of carbonyl (C=O) groups excluding carboxylic acids is 1. The van der Waals surface area contributed by atoms with Crippen molar-refractivity contribution >= 4 is 11.7 Å². The van der Waals surface area contributed by atoms with E-state index in [9.17, 15) is 4.79 Å². The predicted molar refractivity (Wildman–Crippen MR) is 89.3 cm³/mol. The highest BCUT2D eigenvalue weighted by Crippen LogP contribution is 2.39. The summed E-state index contributed by atoms with van der Waals surface area (Å²) in [5.41, 5.74) is 3.07. The van der Waals surface area contributed by atoms with Crippen molar-refractivity contribution in [1.82, 2.24) is 15.2 Å². The molecule has 0 aliphatic carbocycles. The number of anilines is 1. The molecule has 2 aromatic rings. The van der Waals surface area contributed by atoms with E-state index >= 15 is 0 Å². The van der Waals surface area contributed by atoms with Crippen LogP contribution in [0.4, 0.5) is 10.5 Å². The normalized spacial score (nSPS) is 21.7. The predicted octanol–water partition coefficient (Wildman–Crippen LogP) is 2.77. The van der Waals surface area contributed by atoms with E-state index in [1.807, 2.05) is 35.4 Å². The highest BCUT2D eigenvalue weighted by molar-refractivity contribution is 5.93. The first-order valence-electron chi connectivity index (χ1n) is 8.13. The van der Waals surface area contributed by atoms with Crippen molar-refractivity contribution in [2.75, 3.05) is 18.4 Å². The number of rotatable bonds is 2. The molecular weight excluding hydrogens is 288 g/mol. The second kappa shape index (κ2) is 6.01. The molecule has 118 valence electrons. The molecule has 23 heavy (non-hydrogen) atoms. The first-order chi connectivity index (χ1) is 11.3. The molecule has 5 nitrogen and oxygen atoms in total. The zero-order valence-electron chi connectivity index (χ0n) is 12.9. The Morgan fingerprint density at radius 2 is 1.87 bits per heavy atom. The molecule has 2 aliphatic rings. The zero-order chi connectivity index (χ0) is 15.6. The minimum Gasteiger partial charge on any atom is -0.317 e. The summed E-state index contributed by atoms with van der Waals surface area (Å²) in [4.78, 5) is 19.1. The third-order valence-electron chi connectivity index (χ3n) is 4.72. The fourth-order valence-electron chi connectivity index (χ4n) is 3.62. The molecule has 1 atom stereocenters. The molecule has 0 radical (unpaired) electrons. The molecule has 0 bridgehead atoms. The molecular formula is C18H20N4O. The van der Waals surface area contributed by atoms with Crippen LogP contribution in [0.15, 0.2) is 48.8 Å². The summed E-state index contributed by atoms with van der Waals surface area (Å²) in [6, 6.07) is 12.3. The van der Waals surface area contributed by atoms with E-state index in [0.29, 0.717) is 0 Å². The van der Waals surface area contributed by atoms with Crippen molar-refractivity contribution in [2.45, 2.75) is 24.9 Å². The van der Waals surface area contributed by atoms with Gasteiger partial charge in [-0.05, 0) is 37.6 Å². The first-order valence-corrected chi connectivity index (χ1v) is 8.13. The first kappa shape index (κ1) is 14.2. The Bertz CT molecular complexity index is 697. The smallest absolute Gasteiger partial charge is 0.317 e. The Balaban J connectivity index is 1.81. The maximum atomic E-state index is 12.8. The van der Waals surface area contributed by atoms with Gasteiger partial charge in [-0.25, -0.2) is 4.79 Å². The summed E-state index contributed by atoms with van der Waals surface area (Å²) in [5, 5.41) is 6.41. The number of amides is 2. The fourth-order valence-corrected chi connectivity index (χ4v) is 3.62. The van der Waals surface area contributed by atoms with Gasteiger partial charge in [-0.1, -0.05) is 30.3 Å². The lowest BCUT2D eigenvalue weighted by Crippen LogP contribution is -2.51. The van der Waals surface area contributed by atoms with Crippen molar-refractivity contribution in [3.8, 4) is 0 Å². The maximum Gasteiger partial charge on any atom is 0.322 e. The fraction of sp³-hybridized carbons (Fsp3) is 0.333. The van der Waals surface area contributed by atoms with Gasteiger partial charge in [0.25, 0.3) is 0 Å². The number of urea groups is 1. The highest BCUT2D eigenvalue weighted by Gasteiger charge is 2.38. The quantitative estimate of drug-likeness (QED) is 0.897. The number of benzene rings is 1. The van der Waals surface area contributed by atoms with Crippen LogP contribution in [0.2, 0.25) is 0 Å². The second-order valence-corrected chi connectivity index (χ2v) is 6.09. The number of piperidine rings is 1. The molecule has 1 aromatic carbocycles. The van der Waals surface area contributed by atoms with Crippen molar-refractivity contribution in [3.63, 3.8) is 0 Å². The Kier molecular flexibility index (Phi) is 3.71. The van der Waals surface area contributed by atoms with Gasteiger partial charge in [0.05, 0.1) is 11.7 Å². The molecule has 0 saturated carbocycles. The molecule has 3 heterocycles. The van der Waals surface area contributed by atoms with Crippen LogP contribution in [0, 0.1) is 0 Å². The van der Waals surface area contributed by atoms with Crippen LogP contribution in [0.5, 0.6) is 0 Å². The maximum absolute atomic E-state index is 12.8. The Morgan fingerprint density at radius 3 is 2.65 bits per heavy atom. The topological polar surface area (TPSA) is 57.3 Å². The van der Waals surface area contributed by atoms with Gasteiger partial charge < -0.3 is 15.5 Å². The number of nitrogens with one attached hydrogen (secondary N) is 2. The standard InChI is InChI=1S/C18H20N4O/c23-18-21-16-8-11-20-12-15(16)17(13-4-2-1-3-5-13)22(18)14-6-9-19-10-7-14/h1-5,8,11-12,14,17,19H,6-7,9-10H2,(H,21,23). The van der Waals surface area contributed by atoms with Crippen LogP contribution in [-0.4, -0.2) is 35.0 Å². The lowest BCUT2D eigenvalue weighted by molar-refractivity contribution is 0.146.